The van der Waals surface area contributed by atoms with Crippen molar-refractivity contribution in [1.29, 1.82) is 0 Å². The summed E-state index contributed by atoms with van der Waals surface area (Å²) in [6.07, 6.45) is 0.714. The van der Waals surface area contributed by atoms with Crippen molar-refractivity contribution in [3.8, 4) is 0 Å². The fourth-order valence-electron chi connectivity index (χ4n) is 2.22. The highest BCUT2D eigenvalue weighted by Gasteiger charge is 2.29. The monoisotopic (exact) mass is 316 g/mol. The maximum atomic E-state index is 12.3. The molecule has 2 atom stereocenters. The maximum absolute atomic E-state index is 12.3. The van der Waals surface area contributed by atoms with E-state index in [1.54, 1.807) is 6.92 Å². The third kappa shape index (κ3) is 3.84. The van der Waals surface area contributed by atoms with Crippen LogP contribution in [0.15, 0.2) is 21.6 Å². The molecule has 0 aliphatic carbocycles. The molecule has 0 radical (unpaired) electrons. The Balaban J connectivity index is 2.10. The highest BCUT2D eigenvalue weighted by atomic mass is 32.2. The number of nitrogens with one attached hydrogen (secondary N) is 2. The summed E-state index contributed by atoms with van der Waals surface area (Å²) in [6, 6.07) is 2.42. The highest BCUT2D eigenvalue weighted by Crippen LogP contribution is 2.18. The molecule has 2 unspecified atom stereocenters. The van der Waals surface area contributed by atoms with Gasteiger partial charge >= 0.3 is 5.97 Å². The lowest BCUT2D eigenvalue weighted by Crippen LogP contribution is -2.48. The first-order chi connectivity index (χ1) is 9.94. The van der Waals surface area contributed by atoms with E-state index in [1.807, 2.05) is 6.92 Å². The van der Waals surface area contributed by atoms with Crippen LogP contribution in [0.2, 0.25) is 0 Å². The van der Waals surface area contributed by atoms with Crippen molar-refractivity contribution in [2.45, 2.75) is 31.4 Å². The minimum atomic E-state index is -3.77. The van der Waals surface area contributed by atoms with Crippen molar-refractivity contribution in [1.82, 2.24) is 10.0 Å². The van der Waals surface area contributed by atoms with Gasteiger partial charge in [-0.05, 0) is 44.5 Å². The lowest BCUT2D eigenvalue weighted by molar-refractivity contribution is 0.0484. The SMILES string of the molecule is CCOC(=O)c1ccc(S(=O)(=O)NC2CCNCC2C)o1. The van der Waals surface area contributed by atoms with Crippen LogP contribution in [0.3, 0.4) is 0 Å². The lowest BCUT2D eigenvalue weighted by Gasteiger charge is -2.29. The van der Waals surface area contributed by atoms with Crippen LogP contribution in [0.25, 0.3) is 0 Å². The second kappa shape index (κ2) is 6.59. The first-order valence-corrected chi connectivity index (χ1v) is 8.42. The molecule has 8 heteroatoms. The number of sulfonamides is 1. The van der Waals surface area contributed by atoms with Gasteiger partial charge in [0.1, 0.15) is 0 Å². The summed E-state index contributed by atoms with van der Waals surface area (Å²) < 4.78 is 37.0. The number of esters is 1. The Morgan fingerprint density at radius 2 is 2.29 bits per heavy atom. The number of piperidine rings is 1. The summed E-state index contributed by atoms with van der Waals surface area (Å²) >= 11 is 0. The standard InChI is InChI=1S/C13H20N2O5S/c1-3-19-13(16)11-4-5-12(20-11)21(17,18)15-10-6-7-14-8-9(10)2/h4-5,9-10,14-15H,3,6-8H2,1-2H3. The predicted molar refractivity (Wildman–Crippen MR) is 75.4 cm³/mol. The Kier molecular flexibility index (Phi) is 5.02. The molecule has 21 heavy (non-hydrogen) atoms. The van der Waals surface area contributed by atoms with Gasteiger partial charge in [-0.3, -0.25) is 0 Å². The molecule has 0 spiro atoms. The predicted octanol–water partition coefficient (Wildman–Crippen LogP) is 0.733. The van der Waals surface area contributed by atoms with Crippen LogP contribution >= 0.6 is 0 Å². The number of carbonyl (C=O) groups is 1. The summed E-state index contributed by atoms with van der Waals surface area (Å²) in [5.41, 5.74) is 0. The van der Waals surface area contributed by atoms with E-state index in [1.165, 1.54) is 12.1 Å². The number of furan rings is 1. The molecule has 2 N–H and O–H groups in total. The van der Waals surface area contributed by atoms with Gasteiger partial charge in [0, 0.05) is 6.04 Å². The van der Waals surface area contributed by atoms with Gasteiger partial charge in [-0.1, -0.05) is 6.92 Å². The molecular formula is C13H20N2O5S. The molecule has 1 saturated heterocycles. The molecule has 0 saturated carbocycles. The minimum Gasteiger partial charge on any atom is -0.460 e. The summed E-state index contributed by atoms with van der Waals surface area (Å²) in [5, 5.41) is 2.94. The Morgan fingerprint density at radius 3 is 2.95 bits per heavy atom. The normalized spacial score (nSPS) is 23.0. The van der Waals surface area contributed by atoms with Crippen molar-refractivity contribution in [2.24, 2.45) is 5.92 Å². The van der Waals surface area contributed by atoms with E-state index in [9.17, 15) is 13.2 Å². The number of rotatable bonds is 5. The molecule has 0 amide bonds. The van der Waals surface area contributed by atoms with Gasteiger partial charge in [0.05, 0.1) is 6.61 Å². The first kappa shape index (κ1) is 16.0. The van der Waals surface area contributed by atoms with E-state index in [-0.39, 0.29) is 29.4 Å². The van der Waals surface area contributed by atoms with Gasteiger partial charge in [0.2, 0.25) is 10.9 Å². The Labute approximate surface area is 124 Å². The third-order valence-electron chi connectivity index (χ3n) is 3.41. The smallest absolute Gasteiger partial charge is 0.374 e. The molecule has 1 fully saturated rings. The topological polar surface area (TPSA) is 97.6 Å². The van der Waals surface area contributed by atoms with Crippen LogP contribution in [0.5, 0.6) is 0 Å². The summed E-state index contributed by atoms with van der Waals surface area (Å²) in [7, 11) is -3.77. The van der Waals surface area contributed by atoms with Crippen LogP contribution in [0, 0.1) is 5.92 Å². The van der Waals surface area contributed by atoms with Crippen molar-refractivity contribution < 1.29 is 22.4 Å². The summed E-state index contributed by atoms with van der Waals surface area (Å²) in [5.74, 6) is -0.599. The summed E-state index contributed by atoms with van der Waals surface area (Å²) in [6.45, 7) is 5.37. The Morgan fingerprint density at radius 1 is 1.52 bits per heavy atom. The van der Waals surface area contributed by atoms with Gasteiger partial charge in [0.15, 0.2) is 0 Å². The lowest BCUT2D eigenvalue weighted by atomic mass is 9.97. The highest BCUT2D eigenvalue weighted by molar-refractivity contribution is 7.89. The first-order valence-electron chi connectivity index (χ1n) is 6.94. The van der Waals surface area contributed by atoms with Crippen molar-refractivity contribution in [3.05, 3.63) is 17.9 Å². The van der Waals surface area contributed by atoms with Gasteiger partial charge in [-0.15, -0.1) is 0 Å². The molecular weight excluding hydrogens is 296 g/mol. The fraction of sp³-hybridized carbons (Fsp3) is 0.615. The molecule has 1 aliphatic heterocycles. The van der Waals surface area contributed by atoms with E-state index in [0.717, 1.165) is 13.1 Å². The zero-order valence-corrected chi connectivity index (χ0v) is 12.9. The zero-order valence-electron chi connectivity index (χ0n) is 12.1. The number of carbonyl (C=O) groups excluding carboxylic acids is 1. The molecule has 0 aromatic carbocycles. The largest absolute Gasteiger partial charge is 0.460 e. The van der Waals surface area contributed by atoms with Crippen molar-refractivity contribution in [3.63, 3.8) is 0 Å². The molecule has 118 valence electrons. The van der Waals surface area contributed by atoms with Crippen LogP contribution < -0.4 is 10.0 Å². The second-order valence-corrected chi connectivity index (χ2v) is 6.68. The van der Waals surface area contributed by atoms with Gasteiger partial charge in [-0.2, -0.15) is 0 Å². The number of hydrogen-bond donors (Lipinski definition) is 2. The minimum absolute atomic E-state index is 0.115. The van der Waals surface area contributed by atoms with E-state index >= 15 is 0 Å². The van der Waals surface area contributed by atoms with Crippen LogP contribution in [0.4, 0.5) is 0 Å². The van der Waals surface area contributed by atoms with Crippen LogP contribution in [-0.4, -0.2) is 40.1 Å². The molecule has 1 aliphatic rings. The molecule has 2 heterocycles. The summed E-state index contributed by atoms with van der Waals surface area (Å²) in [4.78, 5) is 11.5. The van der Waals surface area contributed by atoms with Gasteiger partial charge in [0.25, 0.3) is 10.0 Å². The van der Waals surface area contributed by atoms with Crippen molar-refractivity contribution >= 4 is 16.0 Å². The molecule has 2 rings (SSSR count). The Bertz CT molecular complexity index is 595. The van der Waals surface area contributed by atoms with Gasteiger partial charge in [-0.25, -0.2) is 17.9 Å². The molecule has 7 nitrogen and oxygen atoms in total. The Hall–Kier alpha value is -1.38. The van der Waals surface area contributed by atoms with E-state index in [2.05, 4.69) is 10.0 Å². The van der Waals surface area contributed by atoms with Crippen molar-refractivity contribution in [2.75, 3.05) is 19.7 Å². The third-order valence-corrected chi connectivity index (χ3v) is 4.78. The van der Waals surface area contributed by atoms with E-state index in [4.69, 9.17) is 9.15 Å². The zero-order chi connectivity index (χ0) is 15.5. The van der Waals surface area contributed by atoms with Crippen LogP contribution in [-0.2, 0) is 14.8 Å². The number of hydrogen-bond acceptors (Lipinski definition) is 6. The average molecular weight is 316 g/mol. The molecule has 0 bridgehead atoms. The number of ether oxygens (including phenoxy) is 1. The molecule has 1 aromatic rings. The maximum Gasteiger partial charge on any atom is 0.374 e. The second-order valence-electron chi connectivity index (χ2n) is 5.04. The fourth-order valence-corrected chi connectivity index (χ4v) is 3.53. The average Bonchev–Trinajstić information content (AvgIpc) is 2.92. The van der Waals surface area contributed by atoms with E-state index < -0.39 is 16.0 Å². The van der Waals surface area contributed by atoms with Crippen LogP contribution in [0.1, 0.15) is 30.8 Å². The van der Waals surface area contributed by atoms with Gasteiger partial charge < -0.3 is 14.5 Å². The quantitative estimate of drug-likeness (QED) is 0.777. The molecule has 1 aromatic heterocycles. The van der Waals surface area contributed by atoms with E-state index in [0.29, 0.717) is 6.42 Å².